The number of aromatic nitrogens is 2. The second-order valence-electron chi connectivity index (χ2n) is 5.75. The van der Waals surface area contributed by atoms with Gasteiger partial charge in [0.1, 0.15) is 11.4 Å². The standard InChI is InChI=1S/C18H20N4O/c1-23-15-6-4-14(5-7-15)21-9-11-22(12-10-21)17-13-20-18-16(17)3-2-8-19-18/h2-8,13H,9-12H2,1H3,(H,19,20). The molecular weight excluding hydrogens is 288 g/mol. The average Bonchev–Trinajstić information content (AvgIpc) is 3.06. The lowest BCUT2D eigenvalue weighted by Gasteiger charge is -2.37. The summed E-state index contributed by atoms with van der Waals surface area (Å²) in [5.41, 5.74) is 3.47. The third-order valence-corrected chi connectivity index (χ3v) is 4.49. The Morgan fingerprint density at radius 3 is 2.48 bits per heavy atom. The van der Waals surface area contributed by atoms with Crippen molar-refractivity contribution in [1.82, 2.24) is 9.97 Å². The van der Waals surface area contributed by atoms with Gasteiger partial charge in [-0.1, -0.05) is 0 Å². The maximum Gasteiger partial charge on any atom is 0.139 e. The monoisotopic (exact) mass is 308 g/mol. The first-order valence-electron chi connectivity index (χ1n) is 7.91. The van der Waals surface area contributed by atoms with Crippen LogP contribution in [0.1, 0.15) is 0 Å². The molecule has 0 spiro atoms. The van der Waals surface area contributed by atoms with E-state index in [4.69, 9.17) is 4.74 Å². The van der Waals surface area contributed by atoms with Crippen molar-refractivity contribution in [2.75, 3.05) is 43.1 Å². The fourth-order valence-electron chi connectivity index (χ4n) is 3.20. The summed E-state index contributed by atoms with van der Waals surface area (Å²) < 4.78 is 5.23. The lowest BCUT2D eigenvalue weighted by molar-refractivity contribution is 0.415. The number of benzene rings is 1. The zero-order valence-corrected chi connectivity index (χ0v) is 13.2. The number of nitrogens with zero attached hydrogens (tertiary/aromatic N) is 3. The Balaban J connectivity index is 1.48. The number of methoxy groups -OCH3 is 1. The van der Waals surface area contributed by atoms with Crippen molar-refractivity contribution in [1.29, 1.82) is 0 Å². The molecular formula is C18H20N4O. The van der Waals surface area contributed by atoms with Crippen molar-refractivity contribution in [2.24, 2.45) is 0 Å². The Morgan fingerprint density at radius 1 is 1.00 bits per heavy atom. The number of fused-ring (bicyclic) bond motifs is 1. The molecule has 1 N–H and O–H groups in total. The van der Waals surface area contributed by atoms with Crippen molar-refractivity contribution in [3.63, 3.8) is 0 Å². The van der Waals surface area contributed by atoms with Crippen LogP contribution < -0.4 is 14.5 Å². The van der Waals surface area contributed by atoms with E-state index in [1.54, 1.807) is 7.11 Å². The molecule has 0 atom stereocenters. The Bertz CT molecular complexity index is 788. The van der Waals surface area contributed by atoms with Crippen LogP contribution in [0.2, 0.25) is 0 Å². The number of hydrogen-bond donors (Lipinski definition) is 1. The normalized spacial score (nSPS) is 15.2. The summed E-state index contributed by atoms with van der Waals surface area (Å²) in [5, 5.41) is 1.20. The van der Waals surface area contributed by atoms with Gasteiger partial charge in [-0.2, -0.15) is 0 Å². The zero-order valence-electron chi connectivity index (χ0n) is 13.2. The van der Waals surface area contributed by atoms with Crippen molar-refractivity contribution in [2.45, 2.75) is 0 Å². The van der Waals surface area contributed by atoms with E-state index in [1.807, 2.05) is 24.4 Å². The molecule has 4 rings (SSSR count). The van der Waals surface area contributed by atoms with E-state index in [-0.39, 0.29) is 0 Å². The highest BCUT2D eigenvalue weighted by molar-refractivity contribution is 5.90. The number of rotatable bonds is 3. The molecule has 0 unspecified atom stereocenters. The van der Waals surface area contributed by atoms with Crippen LogP contribution in [-0.4, -0.2) is 43.3 Å². The van der Waals surface area contributed by atoms with E-state index in [0.717, 1.165) is 37.6 Å². The molecule has 23 heavy (non-hydrogen) atoms. The van der Waals surface area contributed by atoms with E-state index in [0.29, 0.717) is 0 Å². The summed E-state index contributed by atoms with van der Waals surface area (Å²) in [6, 6.07) is 12.4. The summed E-state index contributed by atoms with van der Waals surface area (Å²) in [6.45, 7) is 4.04. The lowest BCUT2D eigenvalue weighted by atomic mass is 10.2. The largest absolute Gasteiger partial charge is 0.497 e. The maximum absolute atomic E-state index is 5.23. The van der Waals surface area contributed by atoms with Crippen molar-refractivity contribution in [3.8, 4) is 5.75 Å². The van der Waals surface area contributed by atoms with Crippen LogP contribution in [-0.2, 0) is 0 Å². The van der Waals surface area contributed by atoms with Crippen molar-refractivity contribution in [3.05, 3.63) is 48.8 Å². The molecule has 1 fully saturated rings. The van der Waals surface area contributed by atoms with Gasteiger partial charge in [-0.3, -0.25) is 0 Å². The topological polar surface area (TPSA) is 44.4 Å². The molecule has 5 nitrogen and oxygen atoms in total. The van der Waals surface area contributed by atoms with Crippen LogP contribution in [0.3, 0.4) is 0 Å². The summed E-state index contributed by atoms with van der Waals surface area (Å²) in [4.78, 5) is 12.5. The lowest BCUT2D eigenvalue weighted by Crippen LogP contribution is -2.46. The van der Waals surface area contributed by atoms with Crippen LogP contribution in [0.15, 0.2) is 48.8 Å². The van der Waals surface area contributed by atoms with Gasteiger partial charge in [-0.25, -0.2) is 4.98 Å². The molecule has 3 heterocycles. The van der Waals surface area contributed by atoms with Crippen molar-refractivity contribution >= 4 is 22.4 Å². The van der Waals surface area contributed by atoms with Crippen LogP contribution in [0, 0.1) is 0 Å². The molecule has 0 saturated carbocycles. The third kappa shape index (κ3) is 2.59. The Labute approximate surface area is 135 Å². The van der Waals surface area contributed by atoms with Gasteiger partial charge in [0.25, 0.3) is 0 Å². The van der Waals surface area contributed by atoms with Crippen LogP contribution in [0.4, 0.5) is 11.4 Å². The Morgan fingerprint density at radius 2 is 1.74 bits per heavy atom. The molecule has 5 heteroatoms. The van der Waals surface area contributed by atoms with Crippen LogP contribution in [0.25, 0.3) is 11.0 Å². The highest BCUT2D eigenvalue weighted by Crippen LogP contribution is 2.27. The molecule has 0 aliphatic carbocycles. The van der Waals surface area contributed by atoms with E-state index >= 15 is 0 Å². The van der Waals surface area contributed by atoms with Crippen LogP contribution >= 0.6 is 0 Å². The van der Waals surface area contributed by atoms with Gasteiger partial charge in [-0.05, 0) is 36.4 Å². The first kappa shape index (κ1) is 13.9. The first-order chi connectivity index (χ1) is 11.3. The second-order valence-corrected chi connectivity index (χ2v) is 5.75. The van der Waals surface area contributed by atoms with Crippen LogP contribution in [0.5, 0.6) is 5.75 Å². The minimum atomic E-state index is 0.902. The molecule has 1 aliphatic heterocycles. The molecule has 118 valence electrons. The molecule has 0 amide bonds. The van der Waals surface area contributed by atoms with Crippen molar-refractivity contribution < 1.29 is 4.74 Å². The summed E-state index contributed by atoms with van der Waals surface area (Å²) in [6.07, 6.45) is 3.89. The summed E-state index contributed by atoms with van der Waals surface area (Å²) in [5.74, 6) is 0.902. The van der Waals surface area contributed by atoms with E-state index in [2.05, 4.69) is 44.2 Å². The SMILES string of the molecule is COc1ccc(N2CCN(c3c[nH]c4ncccc34)CC2)cc1. The minimum absolute atomic E-state index is 0.902. The molecule has 0 bridgehead atoms. The molecule has 2 aromatic heterocycles. The summed E-state index contributed by atoms with van der Waals surface area (Å²) >= 11 is 0. The molecule has 3 aromatic rings. The maximum atomic E-state index is 5.23. The fraction of sp³-hybridized carbons (Fsp3) is 0.278. The molecule has 1 aromatic carbocycles. The number of hydrogen-bond acceptors (Lipinski definition) is 4. The number of H-pyrrole nitrogens is 1. The van der Waals surface area contributed by atoms with Gasteiger partial charge in [0, 0.05) is 49.6 Å². The summed E-state index contributed by atoms with van der Waals surface area (Å²) in [7, 11) is 1.70. The minimum Gasteiger partial charge on any atom is -0.497 e. The fourth-order valence-corrected chi connectivity index (χ4v) is 3.20. The molecule has 1 saturated heterocycles. The average molecular weight is 308 g/mol. The number of pyridine rings is 1. The van der Waals surface area contributed by atoms with Gasteiger partial charge in [0.15, 0.2) is 0 Å². The van der Waals surface area contributed by atoms with E-state index in [1.165, 1.54) is 16.8 Å². The zero-order chi connectivity index (χ0) is 15.6. The number of anilines is 2. The Kier molecular flexibility index (Phi) is 3.54. The van der Waals surface area contributed by atoms with Gasteiger partial charge < -0.3 is 19.5 Å². The number of ether oxygens (including phenoxy) is 1. The highest BCUT2D eigenvalue weighted by Gasteiger charge is 2.19. The number of nitrogens with one attached hydrogen (secondary N) is 1. The smallest absolute Gasteiger partial charge is 0.139 e. The molecule has 1 aliphatic rings. The van der Waals surface area contributed by atoms with E-state index in [9.17, 15) is 0 Å². The number of aromatic amines is 1. The third-order valence-electron chi connectivity index (χ3n) is 4.49. The Hall–Kier alpha value is -2.69. The predicted octanol–water partition coefficient (Wildman–Crippen LogP) is 2.90. The van der Waals surface area contributed by atoms with E-state index < -0.39 is 0 Å². The van der Waals surface area contributed by atoms with Gasteiger partial charge in [-0.15, -0.1) is 0 Å². The first-order valence-corrected chi connectivity index (χ1v) is 7.91. The van der Waals surface area contributed by atoms with Gasteiger partial charge in [0.2, 0.25) is 0 Å². The quantitative estimate of drug-likeness (QED) is 0.808. The molecule has 0 radical (unpaired) electrons. The van der Waals surface area contributed by atoms with Gasteiger partial charge >= 0.3 is 0 Å². The predicted molar refractivity (Wildman–Crippen MR) is 93.5 cm³/mol. The van der Waals surface area contributed by atoms with Gasteiger partial charge in [0.05, 0.1) is 12.8 Å². The number of piperazine rings is 1. The second kappa shape index (κ2) is 5.83. The highest BCUT2D eigenvalue weighted by atomic mass is 16.5.